The Morgan fingerprint density at radius 1 is 1.29 bits per heavy atom. The number of amides is 1. The molecule has 0 bridgehead atoms. The molecule has 1 aromatic heterocycles. The largest absolute Gasteiger partial charge is 0.545 e. The Kier molecular flexibility index (Phi) is 4.68. The third kappa shape index (κ3) is 4.15. The molecule has 2 rings (SSSR count). The van der Waals surface area contributed by atoms with Gasteiger partial charge in [0.2, 0.25) is 5.91 Å². The van der Waals surface area contributed by atoms with Gasteiger partial charge in [-0.2, -0.15) is 0 Å². The van der Waals surface area contributed by atoms with Gasteiger partial charge in [-0.25, -0.2) is 4.98 Å². The first-order chi connectivity index (χ1) is 10.1. The number of aromatic nitrogens is 1. The van der Waals surface area contributed by atoms with E-state index >= 15 is 0 Å². The van der Waals surface area contributed by atoms with Crippen LogP contribution < -0.4 is 15.2 Å². The second kappa shape index (κ2) is 6.67. The number of hydrogen-bond donors (Lipinski definition) is 1. The van der Waals surface area contributed by atoms with E-state index in [9.17, 15) is 14.7 Å². The SMILES string of the molecule is COc1ccc(-c2csc(NC(=O)/C=C/C(=O)[O-])n2)cc1. The van der Waals surface area contributed by atoms with Crippen molar-refractivity contribution in [2.24, 2.45) is 0 Å². The maximum absolute atomic E-state index is 11.4. The minimum Gasteiger partial charge on any atom is -0.545 e. The van der Waals surface area contributed by atoms with E-state index in [0.717, 1.165) is 17.4 Å². The summed E-state index contributed by atoms with van der Waals surface area (Å²) in [4.78, 5) is 25.9. The van der Waals surface area contributed by atoms with Crippen molar-refractivity contribution in [2.45, 2.75) is 0 Å². The highest BCUT2D eigenvalue weighted by molar-refractivity contribution is 7.14. The van der Waals surface area contributed by atoms with Crippen molar-refractivity contribution in [1.82, 2.24) is 4.98 Å². The van der Waals surface area contributed by atoms with Gasteiger partial charge in [-0.1, -0.05) is 0 Å². The van der Waals surface area contributed by atoms with Crippen LogP contribution in [0, 0.1) is 0 Å². The molecule has 0 atom stereocenters. The number of nitrogens with zero attached hydrogens (tertiary/aromatic N) is 1. The number of benzene rings is 1. The highest BCUT2D eigenvalue weighted by atomic mass is 32.1. The molecule has 1 N–H and O–H groups in total. The predicted molar refractivity (Wildman–Crippen MR) is 76.9 cm³/mol. The van der Waals surface area contributed by atoms with E-state index in [1.807, 2.05) is 24.3 Å². The van der Waals surface area contributed by atoms with Crippen molar-refractivity contribution < 1.29 is 19.4 Å². The lowest BCUT2D eigenvalue weighted by Gasteiger charge is -2.00. The van der Waals surface area contributed by atoms with Crippen molar-refractivity contribution in [3.8, 4) is 17.0 Å². The van der Waals surface area contributed by atoms with Gasteiger partial charge in [-0.3, -0.25) is 10.1 Å². The Bertz CT molecular complexity index is 677. The molecule has 2 aromatic rings. The van der Waals surface area contributed by atoms with Crippen LogP contribution in [0.5, 0.6) is 5.75 Å². The average molecular weight is 303 g/mol. The van der Waals surface area contributed by atoms with E-state index in [1.165, 1.54) is 11.3 Å². The Hall–Kier alpha value is -2.67. The fourth-order valence-electron chi connectivity index (χ4n) is 1.52. The number of carboxylic acid groups (broad SMARTS) is 1. The fraction of sp³-hybridized carbons (Fsp3) is 0.0714. The molecule has 0 spiro atoms. The normalized spacial score (nSPS) is 10.5. The minimum atomic E-state index is -1.43. The van der Waals surface area contributed by atoms with Gasteiger partial charge in [0.15, 0.2) is 5.13 Å². The first-order valence-corrected chi connectivity index (χ1v) is 6.76. The van der Waals surface area contributed by atoms with E-state index in [2.05, 4.69) is 10.3 Å². The summed E-state index contributed by atoms with van der Waals surface area (Å²) < 4.78 is 5.07. The first kappa shape index (κ1) is 14.7. The molecule has 21 heavy (non-hydrogen) atoms. The Labute approximate surface area is 124 Å². The van der Waals surface area contributed by atoms with Gasteiger partial charge >= 0.3 is 0 Å². The summed E-state index contributed by atoms with van der Waals surface area (Å²) in [6.07, 6.45) is 1.54. The molecular formula is C14H11N2O4S-. The van der Waals surface area contributed by atoms with Crippen molar-refractivity contribution >= 4 is 28.3 Å². The summed E-state index contributed by atoms with van der Waals surface area (Å²) in [5, 5.41) is 14.8. The predicted octanol–water partition coefficient (Wildman–Crippen LogP) is 1.06. The molecule has 0 aliphatic heterocycles. The van der Waals surface area contributed by atoms with Crippen LogP contribution in [0.25, 0.3) is 11.3 Å². The van der Waals surface area contributed by atoms with Gasteiger partial charge in [0.1, 0.15) is 5.75 Å². The number of ether oxygens (including phenoxy) is 1. The second-order valence-electron chi connectivity index (χ2n) is 3.91. The quantitative estimate of drug-likeness (QED) is 0.834. The number of hydrogen-bond acceptors (Lipinski definition) is 6. The van der Waals surface area contributed by atoms with E-state index in [0.29, 0.717) is 16.9 Å². The van der Waals surface area contributed by atoms with Crippen molar-refractivity contribution in [2.75, 3.05) is 12.4 Å². The molecule has 6 nitrogen and oxygen atoms in total. The molecule has 0 saturated carbocycles. The van der Waals surface area contributed by atoms with Crippen LogP contribution in [-0.4, -0.2) is 24.0 Å². The lowest BCUT2D eigenvalue weighted by atomic mass is 10.2. The average Bonchev–Trinajstić information content (AvgIpc) is 2.93. The molecule has 0 saturated heterocycles. The number of aliphatic carboxylic acids is 1. The molecule has 0 fully saturated rings. The van der Waals surface area contributed by atoms with Gasteiger partial charge in [-0.15, -0.1) is 11.3 Å². The van der Waals surface area contributed by atoms with Crippen LogP contribution in [-0.2, 0) is 9.59 Å². The van der Waals surface area contributed by atoms with E-state index in [-0.39, 0.29) is 0 Å². The number of carboxylic acids is 1. The number of carbonyl (C=O) groups excluding carboxylic acids is 2. The zero-order valence-electron chi connectivity index (χ0n) is 11.0. The molecule has 1 amide bonds. The molecule has 7 heteroatoms. The summed E-state index contributed by atoms with van der Waals surface area (Å²) in [5.74, 6) is -1.26. The zero-order chi connectivity index (χ0) is 15.2. The zero-order valence-corrected chi connectivity index (χ0v) is 11.8. The lowest BCUT2D eigenvalue weighted by Crippen LogP contribution is -2.20. The molecule has 0 aliphatic rings. The number of thiazole rings is 1. The first-order valence-electron chi connectivity index (χ1n) is 5.88. The molecular weight excluding hydrogens is 292 g/mol. The van der Waals surface area contributed by atoms with Crippen molar-refractivity contribution in [3.05, 3.63) is 41.8 Å². The van der Waals surface area contributed by atoms with Crippen LogP contribution in [0.2, 0.25) is 0 Å². The topological polar surface area (TPSA) is 91.3 Å². The molecule has 1 aromatic carbocycles. The third-order valence-corrected chi connectivity index (χ3v) is 3.25. The molecule has 108 valence electrons. The third-order valence-electron chi connectivity index (χ3n) is 2.49. The Morgan fingerprint density at radius 2 is 2.00 bits per heavy atom. The Balaban J connectivity index is 2.07. The maximum atomic E-state index is 11.4. The van der Waals surface area contributed by atoms with Crippen molar-refractivity contribution in [1.29, 1.82) is 0 Å². The van der Waals surface area contributed by atoms with Gasteiger partial charge in [0.25, 0.3) is 0 Å². The second-order valence-corrected chi connectivity index (χ2v) is 4.77. The van der Waals surface area contributed by atoms with Crippen molar-refractivity contribution in [3.63, 3.8) is 0 Å². The monoisotopic (exact) mass is 303 g/mol. The van der Waals surface area contributed by atoms with Crippen LogP contribution in [0.3, 0.4) is 0 Å². The van der Waals surface area contributed by atoms with E-state index in [4.69, 9.17) is 4.74 Å². The summed E-state index contributed by atoms with van der Waals surface area (Å²) in [7, 11) is 1.59. The van der Waals surface area contributed by atoms with Gasteiger partial charge < -0.3 is 14.6 Å². The van der Waals surface area contributed by atoms with Crippen LogP contribution in [0.15, 0.2) is 41.8 Å². The fourth-order valence-corrected chi connectivity index (χ4v) is 2.24. The number of carbonyl (C=O) groups is 2. The van der Waals surface area contributed by atoms with E-state index < -0.39 is 11.9 Å². The van der Waals surface area contributed by atoms with Gasteiger partial charge in [0, 0.05) is 17.0 Å². The summed E-state index contributed by atoms with van der Waals surface area (Å²) in [5.41, 5.74) is 1.60. The Morgan fingerprint density at radius 3 is 2.62 bits per heavy atom. The minimum absolute atomic E-state index is 0.383. The molecule has 0 radical (unpaired) electrons. The van der Waals surface area contributed by atoms with Crippen LogP contribution in [0.4, 0.5) is 5.13 Å². The van der Waals surface area contributed by atoms with Crippen LogP contribution in [0.1, 0.15) is 0 Å². The highest BCUT2D eigenvalue weighted by Crippen LogP contribution is 2.26. The van der Waals surface area contributed by atoms with Gasteiger partial charge in [0.05, 0.1) is 18.8 Å². The highest BCUT2D eigenvalue weighted by Gasteiger charge is 2.06. The molecule has 0 unspecified atom stereocenters. The summed E-state index contributed by atoms with van der Waals surface area (Å²) >= 11 is 1.25. The number of nitrogens with one attached hydrogen (secondary N) is 1. The summed E-state index contributed by atoms with van der Waals surface area (Å²) in [6, 6.07) is 7.34. The number of methoxy groups -OCH3 is 1. The van der Waals surface area contributed by atoms with E-state index in [1.54, 1.807) is 12.5 Å². The number of anilines is 1. The van der Waals surface area contributed by atoms with Crippen LogP contribution >= 0.6 is 11.3 Å². The lowest BCUT2D eigenvalue weighted by molar-refractivity contribution is -0.297. The van der Waals surface area contributed by atoms with Gasteiger partial charge in [-0.05, 0) is 30.3 Å². The smallest absolute Gasteiger partial charge is 0.250 e. The summed E-state index contributed by atoms with van der Waals surface area (Å²) in [6.45, 7) is 0. The standard InChI is InChI=1S/C14H12N2O4S/c1-20-10-4-2-9(3-5-10)11-8-21-14(15-11)16-12(17)6-7-13(18)19/h2-8H,1H3,(H,18,19)(H,15,16,17)/p-1/b7-6+. The molecule has 1 heterocycles. The molecule has 0 aliphatic carbocycles. The number of rotatable bonds is 5. The maximum Gasteiger partial charge on any atom is 0.250 e.